The Hall–Kier alpha value is -2.35. The topological polar surface area (TPSA) is 46.5 Å². The molecule has 0 aliphatic carbocycles. The molecule has 0 amide bonds. The molecule has 0 saturated carbocycles. The fraction of sp³-hybridized carbons (Fsp3) is 0. The molecule has 22 heavy (non-hydrogen) atoms. The van der Waals surface area contributed by atoms with Crippen molar-refractivity contribution in [2.24, 2.45) is 0 Å². The lowest BCUT2D eigenvalue weighted by molar-refractivity contribution is 0.0696. The summed E-state index contributed by atoms with van der Waals surface area (Å²) in [6.45, 7) is 0. The van der Waals surface area contributed by atoms with E-state index in [1.165, 1.54) is 0 Å². The third-order valence-electron chi connectivity index (χ3n) is 2.56. The van der Waals surface area contributed by atoms with Gasteiger partial charge in [0.25, 0.3) is 0 Å². The summed E-state index contributed by atoms with van der Waals surface area (Å²) < 4.78 is 70.4. The summed E-state index contributed by atoms with van der Waals surface area (Å²) in [7, 11) is 0. The standard InChI is InChI=1S/C13H4ClF5O3/c14-6-2-1-4(3-5(6)13(20)21)22-12-10(18)8(16)7(15)9(17)11(12)19/h1-3H,(H,20,21). The number of ether oxygens (including phenoxy) is 1. The van der Waals surface area contributed by atoms with E-state index in [1.807, 2.05) is 0 Å². The maximum Gasteiger partial charge on any atom is 0.337 e. The van der Waals surface area contributed by atoms with Crippen molar-refractivity contribution in [2.45, 2.75) is 0 Å². The van der Waals surface area contributed by atoms with Crippen molar-refractivity contribution in [1.82, 2.24) is 0 Å². The summed E-state index contributed by atoms with van der Waals surface area (Å²) in [5.41, 5.74) is -0.469. The van der Waals surface area contributed by atoms with Crippen LogP contribution in [0, 0.1) is 29.1 Å². The van der Waals surface area contributed by atoms with Crippen LogP contribution in [0.1, 0.15) is 10.4 Å². The minimum atomic E-state index is -2.33. The van der Waals surface area contributed by atoms with Gasteiger partial charge in [-0.2, -0.15) is 8.78 Å². The summed E-state index contributed by atoms with van der Waals surface area (Å²) in [4.78, 5) is 10.9. The molecule has 0 bridgehead atoms. The lowest BCUT2D eigenvalue weighted by Crippen LogP contribution is -2.05. The Morgan fingerprint density at radius 3 is 1.95 bits per heavy atom. The lowest BCUT2D eigenvalue weighted by Gasteiger charge is -2.10. The van der Waals surface area contributed by atoms with E-state index in [4.69, 9.17) is 16.7 Å². The molecule has 0 fully saturated rings. The van der Waals surface area contributed by atoms with E-state index >= 15 is 0 Å². The molecule has 0 radical (unpaired) electrons. The number of carbonyl (C=O) groups is 1. The minimum absolute atomic E-state index is 0.197. The van der Waals surface area contributed by atoms with Crippen molar-refractivity contribution >= 4 is 17.6 Å². The van der Waals surface area contributed by atoms with Crippen LogP contribution in [0.4, 0.5) is 22.0 Å². The third-order valence-corrected chi connectivity index (χ3v) is 2.89. The predicted octanol–water partition coefficient (Wildman–Crippen LogP) is 4.53. The van der Waals surface area contributed by atoms with Crippen molar-refractivity contribution < 1.29 is 36.6 Å². The number of aromatic carboxylic acids is 1. The van der Waals surface area contributed by atoms with E-state index < -0.39 is 52.1 Å². The van der Waals surface area contributed by atoms with Gasteiger partial charge in [-0.25, -0.2) is 18.0 Å². The lowest BCUT2D eigenvalue weighted by atomic mass is 10.2. The normalized spacial score (nSPS) is 10.6. The Morgan fingerprint density at radius 1 is 0.955 bits per heavy atom. The maximum absolute atomic E-state index is 13.4. The molecule has 0 spiro atoms. The van der Waals surface area contributed by atoms with Gasteiger partial charge in [-0.3, -0.25) is 0 Å². The van der Waals surface area contributed by atoms with Gasteiger partial charge in [0.1, 0.15) is 5.75 Å². The average molecular weight is 339 g/mol. The number of carboxylic acids is 1. The first-order valence-corrected chi connectivity index (χ1v) is 5.84. The zero-order valence-electron chi connectivity index (χ0n) is 10.3. The van der Waals surface area contributed by atoms with Gasteiger partial charge in [0, 0.05) is 0 Å². The number of rotatable bonds is 3. The molecule has 0 aromatic heterocycles. The number of carboxylic acid groups (broad SMARTS) is 1. The molecule has 0 atom stereocenters. The van der Waals surface area contributed by atoms with Gasteiger partial charge in [-0.15, -0.1) is 0 Å². The number of hydrogen-bond acceptors (Lipinski definition) is 2. The highest BCUT2D eigenvalue weighted by Gasteiger charge is 2.27. The van der Waals surface area contributed by atoms with Gasteiger partial charge in [0.15, 0.2) is 0 Å². The Kier molecular flexibility index (Phi) is 4.23. The molecule has 1 N–H and O–H groups in total. The van der Waals surface area contributed by atoms with Gasteiger partial charge in [0.2, 0.25) is 34.8 Å². The number of hydrogen-bond donors (Lipinski definition) is 1. The highest BCUT2D eigenvalue weighted by Crippen LogP contribution is 2.33. The molecule has 2 rings (SSSR count). The molecule has 0 aliphatic rings. The van der Waals surface area contributed by atoms with Crippen molar-refractivity contribution in [1.29, 1.82) is 0 Å². The SMILES string of the molecule is O=C(O)c1cc(Oc2c(F)c(F)c(F)c(F)c2F)ccc1Cl. The van der Waals surface area contributed by atoms with Gasteiger partial charge in [-0.05, 0) is 18.2 Å². The molecule has 116 valence electrons. The van der Waals surface area contributed by atoms with Crippen LogP contribution in [0.2, 0.25) is 5.02 Å². The molecule has 0 heterocycles. The van der Waals surface area contributed by atoms with Gasteiger partial charge in [-0.1, -0.05) is 11.6 Å². The smallest absolute Gasteiger partial charge is 0.337 e. The van der Waals surface area contributed by atoms with Gasteiger partial charge < -0.3 is 9.84 Å². The van der Waals surface area contributed by atoms with Gasteiger partial charge in [0.05, 0.1) is 10.6 Å². The van der Waals surface area contributed by atoms with E-state index in [2.05, 4.69) is 4.74 Å². The maximum atomic E-state index is 13.4. The molecule has 0 saturated heterocycles. The quantitative estimate of drug-likeness (QED) is 0.508. The molecule has 2 aromatic carbocycles. The predicted molar refractivity (Wildman–Crippen MR) is 64.7 cm³/mol. The van der Waals surface area contributed by atoms with Crippen LogP contribution in [0.25, 0.3) is 0 Å². The van der Waals surface area contributed by atoms with Crippen molar-refractivity contribution in [3.63, 3.8) is 0 Å². The monoisotopic (exact) mass is 338 g/mol. The summed E-state index contributed by atoms with van der Waals surface area (Å²) in [6, 6.07) is 2.82. The fourth-order valence-corrected chi connectivity index (χ4v) is 1.72. The Morgan fingerprint density at radius 2 is 1.45 bits per heavy atom. The highest BCUT2D eigenvalue weighted by atomic mass is 35.5. The highest BCUT2D eigenvalue weighted by molar-refractivity contribution is 6.33. The molecule has 3 nitrogen and oxygen atoms in total. The van der Waals surface area contributed by atoms with E-state index in [9.17, 15) is 26.7 Å². The van der Waals surface area contributed by atoms with Crippen LogP contribution in [0.5, 0.6) is 11.5 Å². The Balaban J connectivity index is 2.53. The third kappa shape index (κ3) is 2.69. The molecular formula is C13H4ClF5O3. The van der Waals surface area contributed by atoms with Crippen LogP contribution in [0.15, 0.2) is 18.2 Å². The second-order valence-corrected chi connectivity index (χ2v) is 4.36. The molecule has 2 aromatic rings. The molecule has 0 aliphatic heterocycles. The Labute approximate surface area is 124 Å². The van der Waals surface area contributed by atoms with Crippen LogP contribution >= 0.6 is 11.6 Å². The molecule has 0 unspecified atom stereocenters. The second kappa shape index (κ2) is 5.80. The van der Waals surface area contributed by atoms with Crippen molar-refractivity contribution in [3.8, 4) is 11.5 Å². The molecular weight excluding hydrogens is 335 g/mol. The largest absolute Gasteiger partial charge is 0.478 e. The van der Waals surface area contributed by atoms with E-state index in [0.717, 1.165) is 18.2 Å². The first kappa shape index (κ1) is 16.0. The fourth-order valence-electron chi connectivity index (χ4n) is 1.52. The average Bonchev–Trinajstić information content (AvgIpc) is 2.49. The van der Waals surface area contributed by atoms with E-state index in [1.54, 1.807) is 0 Å². The van der Waals surface area contributed by atoms with Crippen LogP contribution < -0.4 is 4.74 Å². The Bertz CT molecular complexity index is 750. The zero-order chi connectivity index (χ0) is 16.6. The number of halogens is 6. The van der Waals surface area contributed by atoms with Crippen LogP contribution in [-0.2, 0) is 0 Å². The number of benzene rings is 2. The van der Waals surface area contributed by atoms with Crippen molar-refractivity contribution in [2.75, 3.05) is 0 Å². The van der Waals surface area contributed by atoms with E-state index in [0.29, 0.717) is 0 Å². The van der Waals surface area contributed by atoms with E-state index in [-0.39, 0.29) is 5.02 Å². The second-order valence-electron chi connectivity index (χ2n) is 3.95. The summed E-state index contributed by atoms with van der Waals surface area (Å²) in [5, 5.41) is 8.64. The van der Waals surface area contributed by atoms with Crippen LogP contribution in [0.3, 0.4) is 0 Å². The first-order valence-electron chi connectivity index (χ1n) is 5.46. The minimum Gasteiger partial charge on any atom is -0.478 e. The zero-order valence-corrected chi connectivity index (χ0v) is 11.0. The van der Waals surface area contributed by atoms with Gasteiger partial charge >= 0.3 is 5.97 Å². The van der Waals surface area contributed by atoms with Crippen molar-refractivity contribution in [3.05, 3.63) is 57.9 Å². The summed E-state index contributed by atoms with van der Waals surface area (Å²) in [6.07, 6.45) is 0. The first-order chi connectivity index (χ1) is 10.2. The summed E-state index contributed by atoms with van der Waals surface area (Å²) in [5.74, 6) is -14.5. The molecule has 9 heteroatoms. The summed E-state index contributed by atoms with van der Waals surface area (Å²) >= 11 is 5.57. The van der Waals surface area contributed by atoms with Crippen LogP contribution in [-0.4, -0.2) is 11.1 Å².